The summed E-state index contributed by atoms with van der Waals surface area (Å²) < 4.78 is 10.3. The number of hydrogen-bond donors (Lipinski definition) is 0. The van der Waals surface area contributed by atoms with Gasteiger partial charge in [-0.25, -0.2) is 0 Å². The minimum absolute atomic E-state index is 0.278. The molecule has 3 heteroatoms. The Hall–Kier alpha value is -0.570. The highest BCUT2D eigenvalue weighted by molar-refractivity contribution is 5.65. The van der Waals surface area contributed by atoms with Crippen molar-refractivity contribution >= 4 is 5.97 Å². The number of carbonyl (C=O) groups is 1. The van der Waals surface area contributed by atoms with E-state index in [9.17, 15) is 4.79 Å². The van der Waals surface area contributed by atoms with Gasteiger partial charge in [-0.3, -0.25) is 4.79 Å². The predicted molar refractivity (Wildman–Crippen MR) is 107 cm³/mol. The molecule has 0 heterocycles. The molecule has 0 aromatic carbocycles. The lowest BCUT2D eigenvalue weighted by Gasteiger charge is -2.12. The van der Waals surface area contributed by atoms with Crippen LogP contribution >= 0.6 is 0 Å². The molecule has 150 valence electrons. The summed E-state index contributed by atoms with van der Waals surface area (Å²) in [7, 11) is 0. The summed E-state index contributed by atoms with van der Waals surface area (Å²) in [6.07, 6.45) is 21.5. The van der Waals surface area contributed by atoms with Crippen molar-refractivity contribution in [1.29, 1.82) is 0 Å². The lowest BCUT2D eigenvalue weighted by Crippen LogP contribution is -2.16. The highest BCUT2D eigenvalue weighted by Crippen LogP contribution is 2.13. The van der Waals surface area contributed by atoms with Gasteiger partial charge in [0.05, 0.1) is 6.61 Å². The lowest BCUT2D eigenvalue weighted by molar-refractivity contribution is -0.172. The third-order valence-corrected chi connectivity index (χ3v) is 4.68. The number of hydrogen-bond acceptors (Lipinski definition) is 3. The summed E-state index contributed by atoms with van der Waals surface area (Å²) >= 11 is 0. The standard InChI is InChI=1S/C22H44O3/c1-4-5-6-7-8-9-10-11-12-13-14-15-16-17-18-19-20-24-22(3)25-21(2)23/h22H,4-20H2,1-3H3. The summed E-state index contributed by atoms with van der Waals surface area (Å²) in [5.41, 5.74) is 0. The molecule has 0 saturated heterocycles. The lowest BCUT2D eigenvalue weighted by atomic mass is 10.0. The highest BCUT2D eigenvalue weighted by Gasteiger charge is 2.04. The van der Waals surface area contributed by atoms with E-state index >= 15 is 0 Å². The zero-order chi connectivity index (χ0) is 18.6. The van der Waals surface area contributed by atoms with Crippen LogP contribution in [0.1, 0.15) is 124 Å². The Bertz CT molecular complexity index is 278. The molecule has 0 radical (unpaired) electrons. The summed E-state index contributed by atoms with van der Waals surface area (Å²) in [6, 6.07) is 0. The van der Waals surface area contributed by atoms with Gasteiger partial charge < -0.3 is 9.47 Å². The third kappa shape index (κ3) is 21.4. The molecule has 3 nitrogen and oxygen atoms in total. The molecule has 0 spiro atoms. The summed E-state index contributed by atoms with van der Waals surface area (Å²) in [5.74, 6) is -0.278. The number of carbonyl (C=O) groups excluding carboxylic acids is 1. The molecule has 0 N–H and O–H groups in total. The van der Waals surface area contributed by atoms with Crippen LogP contribution in [0.2, 0.25) is 0 Å². The van der Waals surface area contributed by atoms with Crippen LogP contribution in [0.25, 0.3) is 0 Å². The van der Waals surface area contributed by atoms with Gasteiger partial charge in [0.1, 0.15) is 0 Å². The molecule has 0 rings (SSSR count). The monoisotopic (exact) mass is 356 g/mol. The van der Waals surface area contributed by atoms with Gasteiger partial charge in [0.2, 0.25) is 0 Å². The Morgan fingerprint density at radius 3 is 1.40 bits per heavy atom. The molecule has 1 unspecified atom stereocenters. The summed E-state index contributed by atoms with van der Waals surface area (Å²) in [6.45, 7) is 6.15. The van der Waals surface area contributed by atoms with Crippen LogP contribution in [0.5, 0.6) is 0 Å². The van der Waals surface area contributed by atoms with Crippen LogP contribution in [0, 0.1) is 0 Å². The van der Waals surface area contributed by atoms with Gasteiger partial charge in [-0.1, -0.05) is 103 Å². The quantitative estimate of drug-likeness (QED) is 0.140. The van der Waals surface area contributed by atoms with Crippen LogP contribution < -0.4 is 0 Å². The second-order valence-corrected chi connectivity index (χ2v) is 7.35. The fourth-order valence-corrected chi connectivity index (χ4v) is 3.17. The van der Waals surface area contributed by atoms with E-state index in [2.05, 4.69) is 6.92 Å². The molecule has 0 fully saturated rings. The second-order valence-electron chi connectivity index (χ2n) is 7.35. The Morgan fingerprint density at radius 1 is 0.680 bits per heavy atom. The van der Waals surface area contributed by atoms with Gasteiger partial charge >= 0.3 is 5.97 Å². The van der Waals surface area contributed by atoms with Crippen molar-refractivity contribution in [1.82, 2.24) is 0 Å². The van der Waals surface area contributed by atoms with Crippen LogP contribution in [0.3, 0.4) is 0 Å². The van der Waals surface area contributed by atoms with Crippen molar-refractivity contribution < 1.29 is 14.3 Å². The number of esters is 1. The van der Waals surface area contributed by atoms with E-state index in [-0.39, 0.29) is 5.97 Å². The zero-order valence-corrected chi connectivity index (χ0v) is 17.3. The van der Waals surface area contributed by atoms with Crippen molar-refractivity contribution in [2.24, 2.45) is 0 Å². The van der Waals surface area contributed by atoms with E-state index in [4.69, 9.17) is 9.47 Å². The van der Waals surface area contributed by atoms with Crippen molar-refractivity contribution in [2.75, 3.05) is 6.61 Å². The van der Waals surface area contributed by atoms with Crippen LogP contribution in [0.15, 0.2) is 0 Å². The summed E-state index contributed by atoms with van der Waals surface area (Å²) in [5, 5.41) is 0. The van der Waals surface area contributed by atoms with Gasteiger partial charge in [-0.2, -0.15) is 0 Å². The van der Waals surface area contributed by atoms with E-state index in [1.807, 2.05) is 0 Å². The molecule has 0 aliphatic carbocycles. The van der Waals surface area contributed by atoms with Crippen molar-refractivity contribution in [3.63, 3.8) is 0 Å². The van der Waals surface area contributed by atoms with Crippen LogP contribution in [-0.4, -0.2) is 18.9 Å². The van der Waals surface area contributed by atoms with E-state index < -0.39 is 6.29 Å². The first-order valence-electron chi connectivity index (χ1n) is 11.0. The molecular weight excluding hydrogens is 312 g/mol. The van der Waals surface area contributed by atoms with Gasteiger partial charge in [0.25, 0.3) is 0 Å². The molecule has 0 saturated carbocycles. The van der Waals surface area contributed by atoms with E-state index in [1.54, 1.807) is 6.92 Å². The third-order valence-electron chi connectivity index (χ3n) is 4.68. The van der Waals surface area contributed by atoms with E-state index in [0.717, 1.165) is 6.42 Å². The maximum Gasteiger partial charge on any atom is 0.304 e. The molecule has 0 bridgehead atoms. The SMILES string of the molecule is CCCCCCCCCCCCCCCCCCOC(C)OC(C)=O. The number of rotatable bonds is 19. The summed E-state index contributed by atoms with van der Waals surface area (Å²) in [4.78, 5) is 10.7. The van der Waals surface area contributed by atoms with E-state index in [0.29, 0.717) is 6.61 Å². The van der Waals surface area contributed by atoms with Crippen LogP contribution in [-0.2, 0) is 14.3 Å². The highest BCUT2D eigenvalue weighted by atomic mass is 16.7. The molecule has 0 aromatic rings. The molecule has 1 atom stereocenters. The largest absolute Gasteiger partial charge is 0.436 e. The van der Waals surface area contributed by atoms with Crippen molar-refractivity contribution in [3.05, 3.63) is 0 Å². The molecule has 0 amide bonds. The van der Waals surface area contributed by atoms with Crippen LogP contribution in [0.4, 0.5) is 0 Å². The van der Waals surface area contributed by atoms with Crippen molar-refractivity contribution in [3.8, 4) is 0 Å². The Kier molecular flexibility index (Phi) is 19.3. The fraction of sp³-hybridized carbons (Fsp3) is 0.955. The predicted octanol–water partition coefficient (Wildman–Crippen LogP) is 7.17. The first-order chi connectivity index (χ1) is 12.2. The minimum Gasteiger partial charge on any atom is -0.436 e. The zero-order valence-electron chi connectivity index (χ0n) is 17.3. The normalized spacial score (nSPS) is 12.3. The fourth-order valence-electron chi connectivity index (χ4n) is 3.17. The Morgan fingerprint density at radius 2 is 1.04 bits per heavy atom. The molecular formula is C22H44O3. The Labute approximate surface area is 157 Å². The van der Waals surface area contributed by atoms with Gasteiger partial charge in [0.15, 0.2) is 6.29 Å². The Balaban J connectivity index is 3.06. The van der Waals surface area contributed by atoms with Gasteiger partial charge in [-0.05, 0) is 13.3 Å². The van der Waals surface area contributed by atoms with Crippen molar-refractivity contribution in [2.45, 2.75) is 130 Å². The smallest absolute Gasteiger partial charge is 0.304 e. The number of unbranched alkanes of at least 4 members (excludes halogenated alkanes) is 15. The number of ether oxygens (including phenoxy) is 2. The topological polar surface area (TPSA) is 35.5 Å². The van der Waals surface area contributed by atoms with Gasteiger partial charge in [-0.15, -0.1) is 0 Å². The molecule has 0 aliphatic rings. The molecule has 25 heavy (non-hydrogen) atoms. The molecule has 0 aromatic heterocycles. The average molecular weight is 357 g/mol. The maximum atomic E-state index is 10.7. The minimum atomic E-state index is -0.408. The van der Waals surface area contributed by atoms with Gasteiger partial charge in [0, 0.05) is 6.92 Å². The first kappa shape index (κ1) is 24.4. The maximum absolute atomic E-state index is 10.7. The first-order valence-corrected chi connectivity index (χ1v) is 11.0. The average Bonchev–Trinajstić information content (AvgIpc) is 2.57. The second kappa shape index (κ2) is 19.8. The molecule has 0 aliphatic heterocycles. The van der Waals surface area contributed by atoms with E-state index in [1.165, 1.54) is 103 Å².